The lowest BCUT2D eigenvalue weighted by atomic mass is 10.0. The van der Waals surface area contributed by atoms with E-state index in [-0.39, 0.29) is 17.3 Å². The Hall–Kier alpha value is -4.25. The van der Waals surface area contributed by atoms with Gasteiger partial charge in [0.2, 0.25) is 0 Å². The van der Waals surface area contributed by atoms with Gasteiger partial charge in [0, 0.05) is 22.3 Å². The highest BCUT2D eigenvalue weighted by molar-refractivity contribution is 7.17. The third-order valence-corrected chi connectivity index (χ3v) is 7.20. The van der Waals surface area contributed by atoms with Gasteiger partial charge in [-0.05, 0) is 43.2 Å². The number of pyridine rings is 1. The van der Waals surface area contributed by atoms with Crippen molar-refractivity contribution >= 4 is 55.4 Å². The topological polar surface area (TPSA) is 89.0 Å². The van der Waals surface area contributed by atoms with Crippen molar-refractivity contribution in [1.82, 2.24) is 15.0 Å². The Balaban J connectivity index is 1.54. The molecule has 0 unspecified atom stereocenters. The van der Waals surface area contributed by atoms with Crippen LogP contribution in [0.3, 0.4) is 0 Å². The summed E-state index contributed by atoms with van der Waals surface area (Å²) < 4.78 is 46.2. The van der Waals surface area contributed by atoms with Crippen molar-refractivity contribution in [3.05, 3.63) is 76.7 Å². The number of aryl methyl sites for hydroxylation is 2. The predicted octanol–water partition coefficient (Wildman–Crippen LogP) is 7.13. The molecule has 0 bridgehead atoms. The van der Waals surface area contributed by atoms with Gasteiger partial charge in [0.05, 0.1) is 45.5 Å². The minimum absolute atomic E-state index is 0.115. The maximum absolute atomic E-state index is 13.4. The van der Waals surface area contributed by atoms with Crippen LogP contribution < -0.4 is 15.4 Å². The van der Waals surface area contributed by atoms with Gasteiger partial charge in [-0.15, -0.1) is 11.3 Å². The first kappa shape index (κ1) is 25.4. The summed E-state index contributed by atoms with van der Waals surface area (Å²) in [5.74, 6) is 0.227. The predicted molar refractivity (Wildman–Crippen MR) is 143 cm³/mol. The Bertz CT molecular complexity index is 1680. The van der Waals surface area contributed by atoms with Crippen molar-refractivity contribution in [2.75, 3.05) is 17.7 Å². The highest BCUT2D eigenvalue weighted by Crippen LogP contribution is 2.38. The Morgan fingerprint density at radius 3 is 2.63 bits per heavy atom. The van der Waals surface area contributed by atoms with Crippen molar-refractivity contribution in [2.24, 2.45) is 0 Å². The van der Waals surface area contributed by atoms with Crippen molar-refractivity contribution in [2.45, 2.75) is 26.4 Å². The minimum atomic E-state index is -4.52. The minimum Gasteiger partial charge on any atom is -0.495 e. The first-order chi connectivity index (χ1) is 18.2. The standard InChI is InChI=1S/C27H22F3N5O2S/c1-4-19-24-23(33-13-32-19)18(12-38-24)26(36)35-22-14(2)5-7-17-16(22)9-10-31-25(17)34-20-11-15(27(28,29)30)6-8-21(20)37-3/h5-13H,4H2,1-3H3,(H,31,34)(H,35,36). The molecule has 7 nitrogen and oxygen atoms in total. The molecule has 5 rings (SSSR count). The van der Waals surface area contributed by atoms with Gasteiger partial charge in [0.1, 0.15) is 17.9 Å². The van der Waals surface area contributed by atoms with Crippen molar-refractivity contribution in [1.29, 1.82) is 0 Å². The van der Waals surface area contributed by atoms with Gasteiger partial charge in [-0.3, -0.25) is 4.79 Å². The quantitative estimate of drug-likeness (QED) is 0.239. The number of ether oxygens (including phenoxy) is 1. The van der Waals surface area contributed by atoms with Crippen LogP contribution >= 0.6 is 11.3 Å². The normalized spacial score (nSPS) is 11.6. The number of hydrogen-bond donors (Lipinski definition) is 2. The van der Waals surface area contributed by atoms with E-state index in [0.717, 1.165) is 34.5 Å². The number of carbonyl (C=O) groups is 1. The molecule has 0 saturated carbocycles. The van der Waals surface area contributed by atoms with Gasteiger partial charge < -0.3 is 15.4 Å². The summed E-state index contributed by atoms with van der Waals surface area (Å²) in [7, 11) is 1.38. The van der Waals surface area contributed by atoms with E-state index in [2.05, 4.69) is 25.6 Å². The second-order valence-corrected chi connectivity index (χ2v) is 9.38. The number of fused-ring (bicyclic) bond motifs is 2. The molecule has 38 heavy (non-hydrogen) atoms. The van der Waals surface area contributed by atoms with Crippen LogP contribution in [0, 0.1) is 6.92 Å². The lowest BCUT2D eigenvalue weighted by Crippen LogP contribution is -2.13. The van der Waals surface area contributed by atoms with Crippen LogP contribution in [0.1, 0.15) is 34.1 Å². The van der Waals surface area contributed by atoms with Gasteiger partial charge in [-0.25, -0.2) is 15.0 Å². The number of halogens is 3. The number of amides is 1. The second kappa shape index (κ2) is 9.90. The maximum Gasteiger partial charge on any atom is 0.416 e. The molecule has 0 spiro atoms. The molecule has 11 heteroatoms. The molecule has 0 radical (unpaired) electrons. The van der Waals surface area contributed by atoms with Gasteiger partial charge in [0.25, 0.3) is 5.91 Å². The largest absolute Gasteiger partial charge is 0.495 e. The van der Waals surface area contributed by atoms with E-state index in [1.807, 2.05) is 19.9 Å². The van der Waals surface area contributed by atoms with Crippen LogP contribution in [0.5, 0.6) is 5.75 Å². The average molecular weight is 538 g/mol. The number of hydrogen-bond acceptors (Lipinski definition) is 7. The second-order valence-electron chi connectivity index (χ2n) is 8.51. The number of aromatic nitrogens is 3. The Morgan fingerprint density at radius 1 is 1.08 bits per heavy atom. The zero-order chi connectivity index (χ0) is 27.0. The molecule has 0 fully saturated rings. The Kier molecular flexibility index (Phi) is 6.62. The van der Waals surface area contributed by atoms with Gasteiger partial charge in [0.15, 0.2) is 0 Å². The van der Waals surface area contributed by atoms with Crippen LogP contribution in [-0.2, 0) is 12.6 Å². The number of alkyl halides is 3. The van der Waals surface area contributed by atoms with E-state index >= 15 is 0 Å². The van der Waals surface area contributed by atoms with Crippen molar-refractivity contribution < 1.29 is 22.7 Å². The zero-order valence-electron chi connectivity index (χ0n) is 20.6. The molecule has 0 aliphatic carbocycles. The van der Waals surface area contributed by atoms with Crippen LogP contribution in [0.4, 0.5) is 30.4 Å². The smallest absolute Gasteiger partial charge is 0.416 e. The molecule has 2 N–H and O–H groups in total. The number of benzene rings is 2. The lowest BCUT2D eigenvalue weighted by molar-refractivity contribution is -0.137. The van der Waals surface area contributed by atoms with Crippen molar-refractivity contribution in [3.63, 3.8) is 0 Å². The SMILES string of the molecule is CCc1ncnc2c(C(=O)Nc3c(C)ccc4c(Nc5cc(C(F)(F)F)ccc5OC)nccc34)csc12. The lowest BCUT2D eigenvalue weighted by Gasteiger charge is -2.17. The molecular weight excluding hydrogens is 515 g/mol. The Morgan fingerprint density at radius 2 is 1.89 bits per heavy atom. The van der Waals surface area contributed by atoms with Crippen molar-refractivity contribution in [3.8, 4) is 5.75 Å². The number of anilines is 3. The fraction of sp³-hybridized carbons (Fsp3) is 0.185. The number of methoxy groups -OCH3 is 1. The van der Waals surface area contributed by atoms with Gasteiger partial charge >= 0.3 is 6.18 Å². The molecule has 0 aliphatic heterocycles. The van der Waals surface area contributed by atoms with E-state index in [0.29, 0.717) is 33.4 Å². The molecule has 0 aliphatic rings. The maximum atomic E-state index is 13.4. The van der Waals surface area contributed by atoms with Crippen LogP contribution in [0.2, 0.25) is 0 Å². The zero-order valence-corrected chi connectivity index (χ0v) is 21.4. The summed E-state index contributed by atoms with van der Waals surface area (Å²) in [6, 6.07) is 8.55. The van der Waals surface area contributed by atoms with Gasteiger partial charge in [-0.1, -0.05) is 19.1 Å². The first-order valence-corrected chi connectivity index (χ1v) is 12.5. The molecule has 194 valence electrons. The van der Waals surface area contributed by atoms with E-state index < -0.39 is 11.7 Å². The molecule has 3 heterocycles. The van der Waals surface area contributed by atoms with Gasteiger partial charge in [-0.2, -0.15) is 13.2 Å². The summed E-state index contributed by atoms with van der Waals surface area (Å²) in [6.07, 6.45) is -0.805. The number of nitrogens with one attached hydrogen (secondary N) is 2. The monoisotopic (exact) mass is 537 g/mol. The number of thiophene rings is 1. The van der Waals surface area contributed by atoms with E-state index in [1.165, 1.54) is 37.0 Å². The number of rotatable bonds is 6. The average Bonchev–Trinajstić information content (AvgIpc) is 3.34. The third kappa shape index (κ3) is 4.60. The molecular formula is C27H22F3N5O2S. The molecule has 3 aromatic heterocycles. The highest BCUT2D eigenvalue weighted by Gasteiger charge is 2.31. The van der Waals surface area contributed by atoms with E-state index in [1.54, 1.807) is 17.5 Å². The molecule has 0 saturated heterocycles. The fourth-order valence-corrected chi connectivity index (χ4v) is 5.29. The summed E-state index contributed by atoms with van der Waals surface area (Å²) in [5.41, 5.74) is 2.60. The molecule has 5 aromatic rings. The van der Waals surface area contributed by atoms with Crippen LogP contribution in [-0.4, -0.2) is 28.0 Å². The third-order valence-electron chi connectivity index (χ3n) is 6.18. The highest BCUT2D eigenvalue weighted by atomic mass is 32.1. The van der Waals surface area contributed by atoms with Crippen LogP contribution in [0.25, 0.3) is 21.0 Å². The summed E-state index contributed by atoms with van der Waals surface area (Å²) >= 11 is 1.42. The molecule has 2 aromatic carbocycles. The van der Waals surface area contributed by atoms with E-state index in [9.17, 15) is 18.0 Å². The van der Waals surface area contributed by atoms with Crippen LogP contribution in [0.15, 0.2) is 54.3 Å². The summed E-state index contributed by atoms with van der Waals surface area (Å²) in [4.78, 5) is 26.3. The first-order valence-electron chi connectivity index (χ1n) is 11.6. The fourth-order valence-electron chi connectivity index (χ4n) is 4.23. The van der Waals surface area contributed by atoms with E-state index in [4.69, 9.17) is 4.74 Å². The summed E-state index contributed by atoms with van der Waals surface area (Å²) in [5, 5.41) is 9.03. The number of carbonyl (C=O) groups excluding carboxylic acids is 1. The number of nitrogens with zero attached hydrogens (tertiary/aromatic N) is 3. The summed E-state index contributed by atoms with van der Waals surface area (Å²) in [6.45, 7) is 3.86. The Labute approximate surface area is 219 Å². The molecule has 0 atom stereocenters. The molecule has 1 amide bonds.